The van der Waals surface area contributed by atoms with Crippen LogP contribution in [0.3, 0.4) is 0 Å². The summed E-state index contributed by atoms with van der Waals surface area (Å²) < 4.78 is 3.48. The third-order valence-electron chi connectivity index (χ3n) is 3.87. The summed E-state index contributed by atoms with van der Waals surface area (Å²) in [7, 11) is 4.02. The van der Waals surface area contributed by atoms with Crippen LogP contribution >= 0.6 is 11.3 Å². The van der Waals surface area contributed by atoms with Crippen molar-refractivity contribution in [2.24, 2.45) is 0 Å². The van der Waals surface area contributed by atoms with Gasteiger partial charge in [-0.05, 0) is 25.5 Å². The first-order valence-corrected chi connectivity index (χ1v) is 8.15. The molecule has 0 amide bonds. The largest absolute Gasteiger partial charge is 0.377 e. The molecule has 0 atom stereocenters. The van der Waals surface area contributed by atoms with Gasteiger partial charge < -0.3 is 4.90 Å². The third-order valence-corrected chi connectivity index (χ3v) is 5.00. The molecule has 0 aliphatic carbocycles. The van der Waals surface area contributed by atoms with E-state index in [0.717, 1.165) is 38.1 Å². The number of nitrogens with zero attached hydrogens (tertiary/aromatic N) is 3. The molecule has 2 aromatic heterocycles. The molecule has 114 valence electrons. The summed E-state index contributed by atoms with van der Waals surface area (Å²) in [6.07, 6.45) is 4.42. The smallest absolute Gasteiger partial charge is 0.275 e. The van der Waals surface area contributed by atoms with E-state index >= 15 is 0 Å². The van der Waals surface area contributed by atoms with Crippen LogP contribution in [0.5, 0.6) is 0 Å². The number of aromatic nitrogens is 2. The van der Waals surface area contributed by atoms with Crippen LogP contribution in [-0.2, 0) is 0 Å². The van der Waals surface area contributed by atoms with Crippen molar-refractivity contribution >= 4 is 43.0 Å². The van der Waals surface area contributed by atoms with Crippen molar-refractivity contribution in [2.75, 3.05) is 19.0 Å². The van der Waals surface area contributed by atoms with Gasteiger partial charge in [-0.3, -0.25) is 9.36 Å². The van der Waals surface area contributed by atoms with Gasteiger partial charge in [0.2, 0.25) is 0 Å². The maximum atomic E-state index is 12.8. The Labute approximate surface area is 133 Å². The molecule has 3 aromatic rings. The van der Waals surface area contributed by atoms with E-state index in [-0.39, 0.29) is 5.56 Å². The van der Waals surface area contributed by atoms with Crippen molar-refractivity contribution in [1.82, 2.24) is 9.55 Å². The van der Waals surface area contributed by atoms with E-state index in [1.807, 2.05) is 40.1 Å². The van der Waals surface area contributed by atoms with Crippen LogP contribution in [0.25, 0.3) is 26.0 Å². The maximum absolute atomic E-state index is 12.8. The molecular weight excluding hydrogens is 294 g/mol. The first-order valence-electron chi connectivity index (χ1n) is 7.34. The lowest BCUT2D eigenvalue weighted by Crippen LogP contribution is -2.18. The van der Waals surface area contributed by atoms with Crippen LogP contribution in [0.1, 0.15) is 20.3 Å². The molecule has 1 aromatic carbocycles. The van der Waals surface area contributed by atoms with Gasteiger partial charge in [0.15, 0.2) is 0 Å². The quantitative estimate of drug-likeness (QED) is 0.735. The molecule has 5 heteroatoms. The molecule has 22 heavy (non-hydrogen) atoms. The molecule has 0 aliphatic heterocycles. The van der Waals surface area contributed by atoms with Crippen LogP contribution in [0.15, 0.2) is 35.4 Å². The average molecular weight is 313 g/mol. The summed E-state index contributed by atoms with van der Waals surface area (Å²) in [5.74, 6) is 0. The van der Waals surface area contributed by atoms with Gasteiger partial charge in [-0.1, -0.05) is 19.1 Å². The molecule has 3 rings (SSSR count). The van der Waals surface area contributed by atoms with Crippen molar-refractivity contribution in [3.63, 3.8) is 0 Å². The number of anilines is 1. The fourth-order valence-electron chi connectivity index (χ4n) is 2.75. The summed E-state index contributed by atoms with van der Waals surface area (Å²) in [5.41, 5.74) is 2.89. The van der Waals surface area contributed by atoms with E-state index in [0.29, 0.717) is 0 Å². The minimum Gasteiger partial charge on any atom is -0.377 e. The van der Waals surface area contributed by atoms with Gasteiger partial charge in [-0.25, -0.2) is 4.98 Å². The molecule has 0 spiro atoms. The van der Waals surface area contributed by atoms with E-state index in [1.54, 1.807) is 10.9 Å². The molecule has 0 N–H and O–H groups in total. The molecule has 0 fully saturated rings. The molecule has 0 unspecified atom stereocenters. The third kappa shape index (κ3) is 2.13. The zero-order valence-corrected chi connectivity index (χ0v) is 14.1. The second-order valence-electron chi connectivity index (χ2n) is 5.38. The van der Waals surface area contributed by atoms with E-state index in [1.165, 1.54) is 11.3 Å². The maximum Gasteiger partial charge on any atom is 0.275 e. The predicted molar refractivity (Wildman–Crippen MR) is 96.0 cm³/mol. The number of benzene rings is 1. The van der Waals surface area contributed by atoms with Crippen molar-refractivity contribution in [1.29, 1.82) is 0 Å². The lowest BCUT2D eigenvalue weighted by Gasteiger charge is -2.13. The Bertz CT molecular complexity index is 934. The molecule has 4 nitrogen and oxygen atoms in total. The van der Waals surface area contributed by atoms with Gasteiger partial charge in [0.1, 0.15) is 11.0 Å². The molecular formula is C17H19N3OS. The van der Waals surface area contributed by atoms with Gasteiger partial charge in [-0.15, -0.1) is 11.3 Å². The highest BCUT2D eigenvalue weighted by atomic mass is 32.1. The zero-order valence-electron chi connectivity index (χ0n) is 13.3. The van der Waals surface area contributed by atoms with Crippen LogP contribution in [0, 0.1) is 0 Å². The van der Waals surface area contributed by atoms with Crippen molar-refractivity contribution in [3.8, 4) is 0 Å². The second-order valence-corrected chi connectivity index (χ2v) is 6.43. The Kier molecular flexibility index (Phi) is 3.74. The number of allylic oxidation sites excluding steroid dienone is 2. The fourth-order valence-corrected chi connectivity index (χ4v) is 3.86. The zero-order chi connectivity index (χ0) is 15.9. The van der Waals surface area contributed by atoms with Gasteiger partial charge in [-0.2, -0.15) is 0 Å². The number of thiophene rings is 1. The number of fused-ring (bicyclic) bond motifs is 3. The first kappa shape index (κ1) is 14.8. The topological polar surface area (TPSA) is 38.1 Å². The van der Waals surface area contributed by atoms with Gasteiger partial charge >= 0.3 is 0 Å². The lowest BCUT2D eigenvalue weighted by molar-refractivity contribution is 0.937. The Morgan fingerprint density at radius 2 is 2.18 bits per heavy atom. The van der Waals surface area contributed by atoms with E-state index in [2.05, 4.69) is 22.0 Å². The summed E-state index contributed by atoms with van der Waals surface area (Å²) in [4.78, 5) is 19.5. The van der Waals surface area contributed by atoms with Crippen molar-refractivity contribution < 1.29 is 0 Å². The Morgan fingerprint density at radius 1 is 1.41 bits per heavy atom. The van der Waals surface area contributed by atoms with Crippen LogP contribution in [0.2, 0.25) is 0 Å². The van der Waals surface area contributed by atoms with Crippen molar-refractivity contribution in [3.05, 3.63) is 41.0 Å². The number of hydrogen-bond donors (Lipinski definition) is 0. The molecule has 0 saturated heterocycles. The summed E-state index contributed by atoms with van der Waals surface area (Å²) >= 11 is 1.52. The molecule has 0 saturated carbocycles. The first-order chi connectivity index (χ1) is 10.6. The standard InChI is InChI=1S/C17H19N3OS/c1-5-11(6-2)20-10-18-15-14-12(19(3)4)8-7-9-13(14)22-16(15)17(20)21/h5,7-10H,6H2,1-4H3/b11-5+. The van der Waals surface area contributed by atoms with Crippen LogP contribution < -0.4 is 10.5 Å². The van der Waals surface area contributed by atoms with Gasteiger partial charge in [0.25, 0.3) is 5.56 Å². The predicted octanol–water partition coefficient (Wildman–Crippen LogP) is 3.95. The molecule has 0 radical (unpaired) electrons. The summed E-state index contributed by atoms with van der Waals surface area (Å²) in [6.45, 7) is 3.99. The highest BCUT2D eigenvalue weighted by Crippen LogP contribution is 2.36. The number of rotatable bonds is 3. The van der Waals surface area contributed by atoms with Crippen LogP contribution in [0.4, 0.5) is 5.69 Å². The Hall–Kier alpha value is -2.14. The monoisotopic (exact) mass is 313 g/mol. The molecule has 2 heterocycles. The summed E-state index contributed by atoms with van der Waals surface area (Å²) in [5, 5.41) is 1.07. The molecule has 0 bridgehead atoms. The van der Waals surface area contributed by atoms with Crippen molar-refractivity contribution in [2.45, 2.75) is 20.3 Å². The Morgan fingerprint density at radius 3 is 2.82 bits per heavy atom. The minimum atomic E-state index is 0.0193. The summed E-state index contributed by atoms with van der Waals surface area (Å²) in [6, 6.07) is 6.13. The van der Waals surface area contributed by atoms with E-state index in [9.17, 15) is 4.79 Å². The highest BCUT2D eigenvalue weighted by Gasteiger charge is 2.15. The fraction of sp³-hybridized carbons (Fsp3) is 0.294. The normalized spacial score (nSPS) is 12.3. The Balaban J connectivity index is 2.41. The lowest BCUT2D eigenvalue weighted by atomic mass is 10.2. The van der Waals surface area contributed by atoms with E-state index in [4.69, 9.17) is 0 Å². The van der Waals surface area contributed by atoms with E-state index < -0.39 is 0 Å². The second kappa shape index (κ2) is 5.57. The minimum absolute atomic E-state index is 0.0193. The van der Waals surface area contributed by atoms with Gasteiger partial charge in [0.05, 0.1) is 5.52 Å². The number of hydrogen-bond acceptors (Lipinski definition) is 4. The highest BCUT2D eigenvalue weighted by molar-refractivity contribution is 7.25. The average Bonchev–Trinajstić information content (AvgIpc) is 2.90. The van der Waals surface area contributed by atoms with Crippen LogP contribution in [-0.4, -0.2) is 23.6 Å². The molecule has 0 aliphatic rings. The SMILES string of the molecule is C/C=C(\CC)n1cnc2c(sc3cccc(N(C)C)c32)c1=O. The van der Waals surface area contributed by atoms with Gasteiger partial charge in [0, 0.05) is 35.6 Å².